The van der Waals surface area contributed by atoms with Crippen molar-refractivity contribution in [2.24, 2.45) is 0 Å². The van der Waals surface area contributed by atoms with Gasteiger partial charge in [-0.25, -0.2) is 4.39 Å². The zero-order valence-corrected chi connectivity index (χ0v) is 8.99. The van der Waals surface area contributed by atoms with Gasteiger partial charge in [-0.1, -0.05) is 6.07 Å². The van der Waals surface area contributed by atoms with Gasteiger partial charge in [0.25, 0.3) is 0 Å². The van der Waals surface area contributed by atoms with E-state index in [0.29, 0.717) is 0 Å². The van der Waals surface area contributed by atoms with Crippen LogP contribution in [-0.2, 0) is 11.2 Å². The van der Waals surface area contributed by atoms with Crippen LogP contribution < -0.4 is 0 Å². The number of Topliss-reactive ketones (excluding diaryl/α,β-unsaturated/α-hetero) is 1. The number of hydrogen-bond acceptors (Lipinski definition) is 3. The number of ketones is 1. The minimum Gasteiger partial charge on any atom is -0.481 e. The van der Waals surface area contributed by atoms with Crippen molar-refractivity contribution in [1.82, 2.24) is 0 Å². The second kappa shape index (κ2) is 4.01. The fraction of sp³-hybridized carbons (Fsp3) is 0.167. The molecule has 17 heavy (non-hydrogen) atoms. The van der Waals surface area contributed by atoms with Crippen LogP contribution in [0.15, 0.2) is 22.6 Å². The molecule has 0 radical (unpaired) electrons. The van der Waals surface area contributed by atoms with E-state index in [0.717, 1.165) is 0 Å². The summed E-state index contributed by atoms with van der Waals surface area (Å²) in [6, 6.07) is 4.14. The fourth-order valence-electron chi connectivity index (χ4n) is 1.77. The van der Waals surface area contributed by atoms with Gasteiger partial charge in [-0.05, 0) is 12.1 Å². The molecule has 0 fully saturated rings. The Labute approximate surface area is 95.6 Å². The molecule has 1 heterocycles. The number of aliphatic carboxylic acids is 1. The van der Waals surface area contributed by atoms with Gasteiger partial charge >= 0.3 is 5.97 Å². The Morgan fingerprint density at radius 2 is 2.12 bits per heavy atom. The molecule has 0 unspecified atom stereocenters. The van der Waals surface area contributed by atoms with E-state index < -0.39 is 24.0 Å². The SMILES string of the molecule is CC(=O)c1oc2cccc(F)c2c1CC(=O)O. The molecule has 0 aliphatic heterocycles. The number of fused-ring (bicyclic) bond motifs is 1. The molecule has 2 aromatic rings. The normalized spacial score (nSPS) is 10.7. The highest BCUT2D eigenvalue weighted by Crippen LogP contribution is 2.29. The maximum Gasteiger partial charge on any atom is 0.307 e. The molecule has 0 aliphatic rings. The second-order valence-electron chi connectivity index (χ2n) is 3.65. The highest BCUT2D eigenvalue weighted by molar-refractivity contribution is 6.00. The molecule has 88 valence electrons. The van der Waals surface area contributed by atoms with Crippen molar-refractivity contribution in [3.8, 4) is 0 Å². The summed E-state index contributed by atoms with van der Waals surface area (Å²) in [5.41, 5.74) is 0.282. The van der Waals surface area contributed by atoms with Crippen molar-refractivity contribution >= 4 is 22.7 Å². The second-order valence-corrected chi connectivity index (χ2v) is 3.65. The third-order valence-corrected chi connectivity index (χ3v) is 2.41. The maximum absolute atomic E-state index is 13.6. The van der Waals surface area contributed by atoms with Crippen LogP contribution in [0.5, 0.6) is 0 Å². The number of carbonyl (C=O) groups excluding carboxylic acids is 1. The molecule has 0 saturated carbocycles. The van der Waals surface area contributed by atoms with E-state index in [1.54, 1.807) is 0 Å². The van der Waals surface area contributed by atoms with Crippen LogP contribution in [-0.4, -0.2) is 16.9 Å². The third-order valence-electron chi connectivity index (χ3n) is 2.41. The van der Waals surface area contributed by atoms with Gasteiger partial charge in [-0.15, -0.1) is 0 Å². The molecule has 0 amide bonds. The molecule has 0 bridgehead atoms. The monoisotopic (exact) mass is 236 g/mol. The van der Waals surface area contributed by atoms with Gasteiger partial charge in [0.1, 0.15) is 11.4 Å². The summed E-state index contributed by atoms with van der Waals surface area (Å²) in [6.07, 6.45) is -0.442. The van der Waals surface area contributed by atoms with Crippen LogP contribution in [0.25, 0.3) is 11.0 Å². The van der Waals surface area contributed by atoms with E-state index in [9.17, 15) is 14.0 Å². The van der Waals surface area contributed by atoms with E-state index in [-0.39, 0.29) is 22.3 Å². The molecule has 2 rings (SSSR count). The topological polar surface area (TPSA) is 67.5 Å². The number of rotatable bonds is 3. The summed E-state index contributed by atoms with van der Waals surface area (Å²) in [4.78, 5) is 22.0. The van der Waals surface area contributed by atoms with Crippen molar-refractivity contribution in [2.45, 2.75) is 13.3 Å². The average molecular weight is 236 g/mol. The largest absolute Gasteiger partial charge is 0.481 e. The van der Waals surface area contributed by atoms with Gasteiger partial charge in [0.05, 0.1) is 11.8 Å². The standard InChI is InChI=1S/C12H9FO4/c1-6(14)12-7(5-10(15)16)11-8(13)3-2-4-9(11)17-12/h2-4H,5H2,1H3,(H,15,16). The first-order chi connectivity index (χ1) is 8.00. The zero-order chi connectivity index (χ0) is 12.6. The molecule has 0 saturated heterocycles. The van der Waals surface area contributed by atoms with Crippen molar-refractivity contribution in [3.63, 3.8) is 0 Å². The first kappa shape index (κ1) is 11.3. The average Bonchev–Trinajstić information content (AvgIpc) is 2.57. The number of hydrogen-bond donors (Lipinski definition) is 1. The highest BCUT2D eigenvalue weighted by atomic mass is 19.1. The number of halogens is 1. The van der Waals surface area contributed by atoms with E-state index >= 15 is 0 Å². The summed E-state index contributed by atoms with van der Waals surface area (Å²) < 4.78 is 18.8. The molecule has 5 heteroatoms. The van der Waals surface area contributed by atoms with Crippen LogP contribution in [0, 0.1) is 5.82 Å². The van der Waals surface area contributed by atoms with E-state index in [1.807, 2.05) is 0 Å². The van der Waals surface area contributed by atoms with Gasteiger partial charge in [0, 0.05) is 12.5 Å². The lowest BCUT2D eigenvalue weighted by atomic mass is 10.1. The Bertz CT molecular complexity index is 612. The molecule has 4 nitrogen and oxygen atoms in total. The van der Waals surface area contributed by atoms with Crippen molar-refractivity contribution in [3.05, 3.63) is 35.3 Å². The Balaban J connectivity index is 2.77. The summed E-state index contributed by atoms with van der Waals surface area (Å²) in [7, 11) is 0. The minimum absolute atomic E-state index is 0.0695. The molecular formula is C12H9FO4. The Morgan fingerprint density at radius 3 is 2.71 bits per heavy atom. The summed E-state index contributed by atoms with van der Waals surface area (Å²) in [6.45, 7) is 1.25. The highest BCUT2D eigenvalue weighted by Gasteiger charge is 2.21. The van der Waals surface area contributed by atoms with Gasteiger partial charge in [0.15, 0.2) is 11.5 Å². The third kappa shape index (κ3) is 1.91. The molecule has 1 aromatic heterocycles. The van der Waals surface area contributed by atoms with E-state index in [1.165, 1.54) is 25.1 Å². The molecule has 0 spiro atoms. The molecule has 0 atom stereocenters. The molecule has 1 aromatic carbocycles. The predicted molar refractivity (Wildman–Crippen MR) is 57.5 cm³/mol. The first-order valence-corrected chi connectivity index (χ1v) is 4.93. The Hall–Kier alpha value is -2.17. The summed E-state index contributed by atoms with van der Waals surface area (Å²) in [5.74, 6) is -2.24. The minimum atomic E-state index is -1.14. The Morgan fingerprint density at radius 1 is 1.41 bits per heavy atom. The smallest absolute Gasteiger partial charge is 0.307 e. The Kier molecular flexibility index (Phi) is 2.67. The lowest BCUT2D eigenvalue weighted by Crippen LogP contribution is -2.04. The van der Waals surface area contributed by atoms with Crippen molar-refractivity contribution in [1.29, 1.82) is 0 Å². The molecule has 1 N–H and O–H groups in total. The van der Waals surface area contributed by atoms with Crippen LogP contribution in [0.4, 0.5) is 4.39 Å². The number of carbonyl (C=O) groups is 2. The van der Waals surface area contributed by atoms with E-state index in [4.69, 9.17) is 9.52 Å². The quantitative estimate of drug-likeness (QED) is 0.831. The number of carboxylic acids is 1. The van der Waals surface area contributed by atoms with Crippen LogP contribution in [0.2, 0.25) is 0 Å². The molecular weight excluding hydrogens is 227 g/mol. The summed E-state index contributed by atoms with van der Waals surface area (Å²) in [5, 5.41) is 8.84. The summed E-state index contributed by atoms with van der Waals surface area (Å²) >= 11 is 0. The van der Waals surface area contributed by atoms with Crippen LogP contribution in [0.3, 0.4) is 0 Å². The zero-order valence-electron chi connectivity index (χ0n) is 8.99. The first-order valence-electron chi connectivity index (χ1n) is 4.93. The van der Waals surface area contributed by atoms with E-state index in [2.05, 4.69) is 0 Å². The number of benzene rings is 1. The number of carboxylic acid groups (broad SMARTS) is 1. The maximum atomic E-state index is 13.6. The van der Waals surface area contributed by atoms with Gasteiger partial charge in [0.2, 0.25) is 0 Å². The van der Waals surface area contributed by atoms with Crippen LogP contribution in [0.1, 0.15) is 23.0 Å². The number of furan rings is 1. The van der Waals surface area contributed by atoms with Gasteiger partial charge < -0.3 is 9.52 Å². The van der Waals surface area contributed by atoms with Crippen LogP contribution >= 0.6 is 0 Å². The fourth-order valence-corrected chi connectivity index (χ4v) is 1.77. The van der Waals surface area contributed by atoms with Gasteiger partial charge in [-0.3, -0.25) is 9.59 Å². The van der Waals surface area contributed by atoms with Gasteiger partial charge in [-0.2, -0.15) is 0 Å². The molecule has 0 aliphatic carbocycles. The lowest BCUT2D eigenvalue weighted by Gasteiger charge is -1.96. The van der Waals surface area contributed by atoms with Crippen molar-refractivity contribution in [2.75, 3.05) is 0 Å². The van der Waals surface area contributed by atoms with Crippen molar-refractivity contribution < 1.29 is 23.5 Å². The predicted octanol–water partition coefficient (Wildman–Crippen LogP) is 2.40. The lowest BCUT2D eigenvalue weighted by molar-refractivity contribution is -0.136.